The van der Waals surface area contributed by atoms with Gasteiger partial charge in [0.1, 0.15) is 0 Å². The molecule has 92 valence electrons. The summed E-state index contributed by atoms with van der Waals surface area (Å²) in [7, 11) is 0. The molecule has 1 fully saturated rings. The second-order valence-electron chi connectivity index (χ2n) is 4.43. The lowest BCUT2D eigenvalue weighted by atomic mass is 10.2. The van der Waals surface area contributed by atoms with Crippen LogP contribution in [0, 0.1) is 0 Å². The molecular weight excluding hydrogens is 214 g/mol. The number of benzene rings is 1. The maximum Gasteiger partial charge on any atom is 0.218 e. The monoisotopic (exact) mass is 233 g/mol. The summed E-state index contributed by atoms with van der Waals surface area (Å²) in [5, 5.41) is 6.20. The number of nitrogens with one attached hydrogen (secondary N) is 2. The molecule has 0 spiro atoms. The first kappa shape index (κ1) is 12.1. The fourth-order valence-electron chi connectivity index (χ4n) is 2.14. The van der Waals surface area contributed by atoms with E-state index < -0.39 is 0 Å². The fraction of sp³-hybridized carbons (Fsp3) is 0.462. The minimum Gasteiger partial charge on any atom is -0.340 e. The molecule has 4 nitrogen and oxygen atoms in total. The zero-order chi connectivity index (χ0) is 12.1. The van der Waals surface area contributed by atoms with Gasteiger partial charge in [-0.2, -0.15) is 0 Å². The van der Waals surface area contributed by atoms with Gasteiger partial charge in [0, 0.05) is 33.1 Å². The summed E-state index contributed by atoms with van der Waals surface area (Å²) in [6, 6.07) is 10.4. The second kappa shape index (κ2) is 5.80. The van der Waals surface area contributed by atoms with Gasteiger partial charge in [0.15, 0.2) is 0 Å². The summed E-state index contributed by atoms with van der Waals surface area (Å²) in [5.74, 6) is 0.0176. The van der Waals surface area contributed by atoms with Crippen LogP contribution >= 0.6 is 0 Å². The van der Waals surface area contributed by atoms with Crippen LogP contribution in [0.4, 0.5) is 0 Å². The average Bonchev–Trinajstić information content (AvgIpc) is 2.30. The Kier molecular flexibility index (Phi) is 4.12. The topological polar surface area (TPSA) is 44.4 Å². The molecule has 1 aliphatic heterocycles. The van der Waals surface area contributed by atoms with Gasteiger partial charge in [-0.25, -0.2) is 0 Å². The van der Waals surface area contributed by atoms with Crippen molar-refractivity contribution in [1.29, 1.82) is 0 Å². The smallest absolute Gasteiger partial charge is 0.218 e. The summed E-state index contributed by atoms with van der Waals surface area (Å²) >= 11 is 0. The van der Waals surface area contributed by atoms with Crippen molar-refractivity contribution in [2.24, 2.45) is 0 Å². The quantitative estimate of drug-likeness (QED) is 0.801. The predicted molar refractivity (Wildman–Crippen MR) is 67.3 cm³/mol. The number of piperazine rings is 1. The minimum atomic E-state index is 0.0176. The molecule has 1 aromatic rings. The third-order valence-electron chi connectivity index (χ3n) is 2.89. The molecule has 0 aromatic heterocycles. The van der Waals surface area contributed by atoms with Gasteiger partial charge in [-0.3, -0.25) is 15.0 Å². The molecule has 17 heavy (non-hydrogen) atoms. The molecule has 2 N–H and O–H groups in total. The first-order chi connectivity index (χ1) is 8.24. The van der Waals surface area contributed by atoms with Gasteiger partial charge in [-0.1, -0.05) is 30.3 Å². The van der Waals surface area contributed by atoms with Crippen molar-refractivity contribution >= 4 is 5.91 Å². The molecule has 0 bridgehead atoms. The normalized spacial score (nSPS) is 21.1. The molecule has 1 saturated heterocycles. The molecule has 0 radical (unpaired) electrons. The first-order valence-electron chi connectivity index (χ1n) is 6.01. The fourth-order valence-corrected chi connectivity index (χ4v) is 2.14. The zero-order valence-corrected chi connectivity index (χ0v) is 10.1. The zero-order valence-electron chi connectivity index (χ0n) is 10.1. The van der Waals surface area contributed by atoms with Crippen LogP contribution in [0.15, 0.2) is 30.3 Å². The Morgan fingerprint density at radius 3 is 2.94 bits per heavy atom. The van der Waals surface area contributed by atoms with Crippen LogP contribution < -0.4 is 10.6 Å². The van der Waals surface area contributed by atoms with E-state index in [1.54, 1.807) is 6.92 Å². The molecule has 0 saturated carbocycles. The lowest BCUT2D eigenvalue weighted by Gasteiger charge is -2.33. The van der Waals surface area contributed by atoms with Crippen LogP contribution in [0.5, 0.6) is 0 Å². The van der Waals surface area contributed by atoms with Crippen LogP contribution in [0.3, 0.4) is 0 Å². The highest BCUT2D eigenvalue weighted by Gasteiger charge is 2.19. The van der Waals surface area contributed by atoms with E-state index in [4.69, 9.17) is 0 Å². The maximum atomic E-state index is 11.0. The predicted octanol–water partition coefficient (Wildman–Crippen LogP) is 0.554. The molecule has 1 amide bonds. The van der Waals surface area contributed by atoms with E-state index in [-0.39, 0.29) is 12.1 Å². The van der Waals surface area contributed by atoms with Crippen LogP contribution in [-0.2, 0) is 11.3 Å². The summed E-state index contributed by atoms with van der Waals surface area (Å²) in [5.41, 5.74) is 1.32. The number of hydrogen-bond acceptors (Lipinski definition) is 3. The molecule has 1 aromatic carbocycles. The van der Waals surface area contributed by atoms with Crippen LogP contribution in [0.2, 0.25) is 0 Å². The van der Waals surface area contributed by atoms with Crippen molar-refractivity contribution in [3.8, 4) is 0 Å². The van der Waals surface area contributed by atoms with E-state index in [2.05, 4.69) is 39.8 Å². The molecule has 4 heteroatoms. The van der Waals surface area contributed by atoms with Crippen molar-refractivity contribution in [3.05, 3.63) is 35.9 Å². The van der Waals surface area contributed by atoms with E-state index in [9.17, 15) is 4.79 Å². The van der Waals surface area contributed by atoms with E-state index in [0.29, 0.717) is 0 Å². The number of rotatable bonds is 3. The van der Waals surface area contributed by atoms with Crippen molar-refractivity contribution in [2.75, 3.05) is 19.6 Å². The van der Waals surface area contributed by atoms with Gasteiger partial charge in [-0.05, 0) is 5.56 Å². The number of hydrogen-bond donors (Lipinski definition) is 2. The lowest BCUT2D eigenvalue weighted by Crippen LogP contribution is -2.57. The Hall–Kier alpha value is -1.39. The van der Waals surface area contributed by atoms with Gasteiger partial charge in [0.25, 0.3) is 0 Å². The average molecular weight is 233 g/mol. The summed E-state index contributed by atoms with van der Waals surface area (Å²) in [6.07, 6.45) is 0.0740. The van der Waals surface area contributed by atoms with Crippen LogP contribution in [0.1, 0.15) is 12.5 Å². The van der Waals surface area contributed by atoms with E-state index in [1.165, 1.54) is 5.56 Å². The van der Waals surface area contributed by atoms with Gasteiger partial charge < -0.3 is 5.32 Å². The molecule has 2 rings (SSSR count). The Balaban J connectivity index is 1.87. The highest BCUT2D eigenvalue weighted by molar-refractivity contribution is 5.73. The summed E-state index contributed by atoms with van der Waals surface area (Å²) in [6.45, 7) is 5.29. The van der Waals surface area contributed by atoms with Crippen molar-refractivity contribution in [2.45, 2.75) is 19.6 Å². The molecule has 1 atom stereocenters. The van der Waals surface area contributed by atoms with Gasteiger partial charge in [0.05, 0.1) is 6.17 Å². The van der Waals surface area contributed by atoms with Crippen molar-refractivity contribution in [3.63, 3.8) is 0 Å². The third-order valence-corrected chi connectivity index (χ3v) is 2.89. The summed E-state index contributed by atoms with van der Waals surface area (Å²) < 4.78 is 0. The molecule has 1 aliphatic rings. The van der Waals surface area contributed by atoms with Crippen molar-refractivity contribution < 1.29 is 4.79 Å². The Morgan fingerprint density at radius 1 is 1.47 bits per heavy atom. The molecular formula is C13H19N3O. The molecule has 1 unspecified atom stereocenters. The van der Waals surface area contributed by atoms with Gasteiger partial charge in [0.2, 0.25) is 5.91 Å². The number of carbonyl (C=O) groups excluding carboxylic acids is 1. The number of carbonyl (C=O) groups is 1. The van der Waals surface area contributed by atoms with Gasteiger partial charge in [-0.15, -0.1) is 0 Å². The van der Waals surface area contributed by atoms with Crippen LogP contribution in [-0.4, -0.2) is 36.6 Å². The highest BCUT2D eigenvalue weighted by Crippen LogP contribution is 2.06. The SMILES string of the molecule is CC(=O)NC1CN(Cc2ccccc2)CCN1. The summed E-state index contributed by atoms with van der Waals surface area (Å²) in [4.78, 5) is 13.4. The second-order valence-corrected chi connectivity index (χ2v) is 4.43. The first-order valence-corrected chi connectivity index (χ1v) is 6.01. The Morgan fingerprint density at radius 2 is 2.24 bits per heavy atom. The molecule has 1 heterocycles. The Bertz CT molecular complexity index is 366. The van der Waals surface area contributed by atoms with E-state index >= 15 is 0 Å². The molecule has 0 aliphatic carbocycles. The largest absolute Gasteiger partial charge is 0.340 e. The van der Waals surface area contributed by atoms with Gasteiger partial charge >= 0.3 is 0 Å². The van der Waals surface area contributed by atoms with E-state index in [1.807, 2.05) is 6.07 Å². The van der Waals surface area contributed by atoms with Crippen LogP contribution in [0.25, 0.3) is 0 Å². The Labute approximate surface area is 102 Å². The van der Waals surface area contributed by atoms with Crippen molar-refractivity contribution in [1.82, 2.24) is 15.5 Å². The number of amides is 1. The third kappa shape index (κ3) is 3.84. The lowest BCUT2D eigenvalue weighted by molar-refractivity contribution is -0.120. The highest BCUT2D eigenvalue weighted by atomic mass is 16.1. The number of nitrogens with zero attached hydrogens (tertiary/aromatic N) is 1. The standard InChI is InChI=1S/C13H19N3O/c1-11(17)15-13-10-16(8-7-14-13)9-12-5-3-2-4-6-12/h2-6,13-14H,7-10H2,1H3,(H,15,17). The maximum absolute atomic E-state index is 11.0. The van der Waals surface area contributed by atoms with E-state index in [0.717, 1.165) is 26.2 Å². The minimum absolute atomic E-state index is 0.0176.